The molecular weight excluding hydrogens is 428 g/mol. The summed E-state index contributed by atoms with van der Waals surface area (Å²) in [6.07, 6.45) is 0. The summed E-state index contributed by atoms with van der Waals surface area (Å²) in [6, 6.07) is 1.85. The number of nitrogens with one attached hydrogen (secondary N) is 1. The summed E-state index contributed by atoms with van der Waals surface area (Å²) in [5, 5.41) is 23.5. The van der Waals surface area contributed by atoms with Gasteiger partial charge in [-0.15, -0.1) is 0 Å². The quantitative estimate of drug-likeness (QED) is 0.642. The summed E-state index contributed by atoms with van der Waals surface area (Å²) >= 11 is 7.03. The lowest BCUT2D eigenvalue weighted by molar-refractivity contribution is 0.0300. The molecule has 7 heteroatoms. The van der Waals surface area contributed by atoms with Gasteiger partial charge in [0.2, 0.25) is 0 Å². The van der Waals surface area contributed by atoms with Crippen molar-refractivity contribution < 1.29 is 14.9 Å². The molecule has 1 atom stereocenters. The number of rotatable bonds is 5. The molecule has 1 heterocycles. The lowest BCUT2D eigenvalue weighted by Crippen LogP contribution is -2.49. The van der Waals surface area contributed by atoms with E-state index in [1.807, 2.05) is 6.07 Å². The van der Waals surface area contributed by atoms with Crippen LogP contribution in [0.4, 0.5) is 0 Å². The van der Waals surface area contributed by atoms with Crippen molar-refractivity contribution >= 4 is 31.9 Å². The van der Waals surface area contributed by atoms with Crippen LogP contribution in [0, 0.1) is 5.41 Å². The minimum Gasteiger partial charge on any atom is -0.503 e. The summed E-state index contributed by atoms with van der Waals surface area (Å²) in [6.45, 7) is 7.83. The molecule has 1 saturated heterocycles. The first-order valence-corrected chi connectivity index (χ1v) is 9.22. The number of piperazine rings is 1. The third-order valence-corrected chi connectivity index (χ3v) is 6.51. The van der Waals surface area contributed by atoms with Crippen molar-refractivity contribution in [2.45, 2.75) is 19.9 Å². The molecule has 1 aliphatic heterocycles. The van der Waals surface area contributed by atoms with Gasteiger partial charge in [-0.2, -0.15) is 0 Å². The normalized spacial score (nSPS) is 18.0. The van der Waals surface area contributed by atoms with Crippen molar-refractivity contribution in [2.75, 3.05) is 39.9 Å². The number of hydrogen-bond donors (Lipinski definition) is 3. The van der Waals surface area contributed by atoms with Crippen molar-refractivity contribution in [1.82, 2.24) is 10.2 Å². The molecule has 3 N–H and O–H groups in total. The molecule has 0 amide bonds. The number of aromatic hydroxyl groups is 1. The highest BCUT2D eigenvalue weighted by atomic mass is 79.9. The standard InChI is InChI=1S/C16H24Br2N2O3/c1-16(2,9-21)15(20-6-4-19-5-7-20)10-8-11(23-3)14(22)13(18)12(10)17/h8,15,19,21-22H,4-7,9H2,1-3H3/t15-/m0/s1. The Kier molecular flexibility index (Phi) is 6.35. The maximum atomic E-state index is 10.2. The van der Waals surface area contributed by atoms with Crippen LogP contribution in [0.3, 0.4) is 0 Å². The molecule has 2 rings (SSSR count). The van der Waals surface area contributed by atoms with Gasteiger partial charge in [-0.25, -0.2) is 0 Å². The number of phenolic OH excluding ortho intramolecular Hbond substituents is 1. The van der Waals surface area contributed by atoms with Gasteiger partial charge in [-0.05, 0) is 43.5 Å². The van der Waals surface area contributed by atoms with Gasteiger partial charge in [-0.1, -0.05) is 13.8 Å². The van der Waals surface area contributed by atoms with E-state index in [1.54, 1.807) is 0 Å². The number of aliphatic hydroxyl groups excluding tert-OH is 1. The van der Waals surface area contributed by atoms with E-state index >= 15 is 0 Å². The van der Waals surface area contributed by atoms with Gasteiger partial charge in [0.1, 0.15) is 0 Å². The summed E-state index contributed by atoms with van der Waals surface area (Å²) in [5.41, 5.74) is 0.647. The average molecular weight is 452 g/mol. The summed E-state index contributed by atoms with van der Waals surface area (Å²) in [4.78, 5) is 2.37. The van der Waals surface area contributed by atoms with Gasteiger partial charge >= 0.3 is 0 Å². The third-order valence-electron chi connectivity index (χ3n) is 4.35. The minimum atomic E-state index is -0.346. The van der Waals surface area contributed by atoms with E-state index < -0.39 is 0 Å². The number of hydrogen-bond acceptors (Lipinski definition) is 5. The topological polar surface area (TPSA) is 65.0 Å². The molecule has 0 saturated carbocycles. The SMILES string of the molecule is COc1cc([C@H](N2CCNCC2)C(C)(C)CO)c(Br)c(Br)c1O. The molecule has 0 bridgehead atoms. The summed E-state index contributed by atoms with van der Waals surface area (Å²) in [5.74, 6) is 0.493. The Bertz CT molecular complexity index is 561. The van der Waals surface area contributed by atoms with Crippen LogP contribution in [0.1, 0.15) is 25.5 Å². The monoisotopic (exact) mass is 450 g/mol. The van der Waals surface area contributed by atoms with Crippen LogP contribution in [-0.2, 0) is 0 Å². The van der Waals surface area contributed by atoms with Gasteiger partial charge in [0.25, 0.3) is 0 Å². The van der Waals surface area contributed by atoms with Gasteiger partial charge in [-0.3, -0.25) is 4.90 Å². The molecule has 0 radical (unpaired) electrons. The highest BCUT2D eigenvalue weighted by Gasteiger charge is 2.38. The maximum absolute atomic E-state index is 10.2. The molecule has 23 heavy (non-hydrogen) atoms. The smallest absolute Gasteiger partial charge is 0.173 e. The van der Waals surface area contributed by atoms with Crippen LogP contribution < -0.4 is 10.1 Å². The van der Waals surface area contributed by atoms with E-state index in [4.69, 9.17) is 4.74 Å². The predicted molar refractivity (Wildman–Crippen MR) is 98.1 cm³/mol. The van der Waals surface area contributed by atoms with Crippen LogP contribution in [0.25, 0.3) is 0 Å². The molecule has 130 valence electrons. The van der Waals surface area contributed by atoms with Gasteiger partial charge < -0.3 is 20.3 Å². The van der Waals surface area contributed by atoms with E-state index in [1.165, 1.54) is 7.11 Å². The lowest BCUT2D eigenvalue weighted by Gasteiger charge is -2.44. The third kappa shape index (κ3) is 3.85. The Morgan fingerprint density at radius 3 is 2.43 bits per heavy atom. The van der Waals surface area contributed by atoms with Crippen LogP contribution in [-0.4, -0.2) is 55.0 Å². The Morgan fingerprint density at radius 2 is 1.91 bits per heavy atom. The molecule has 0 spiro atoms. The second-order valence-corrected chi connectivity index (χ2v) is 8.07. The van der Waals surface area contributed by atoms with E-state index in [2.05, 4.69) is 55.9 Å². The molecule has 5 nitrogen and oxygen atoms in total. The number of ether oxygens (including phenoxy) is 1. The van der Waals surface area contributed by atoms with Crippen molar-refractivity contribution in [3.05, 3.63) is 20.6 Å². The van der Waals surface area contributed by atoms with Gasteiger partial charge in [0.15, 0.2) is 11.5 Å². The van der Waals surface area contributed by atoms with Crippen molar-refractivity contribution in [3.63, 3.8) is 0 Å². The lowest BCUT2D eigenvalue weighted by atomic mass is 9.79. The molecular formula is C16H24Br2N2O3. The number of nitrogens with zero attached hydrogens (tertiary/aromatic N) is 1. The van der Waals surface area contributed by atoms with Crippen molar-refractivity contribution in [1.29, 1.82) is 0 Å². The maximum Gasteiger partial charge on any atom is 0.173 e. The fourth-order valence-corrected chi connectivity index (χ4v) is 4.05. The molecule has 1 aromatic rings. The molecule has 1 aliphatic rings. The van der Waals surface area contributed by atoms with E-state index in [0.717, 1.165) is 36.2 Å². The summed E-state index contributed by atoms with van der Waals surface area (Å²) in [7, 11) is 1.54. The Balaban J connectivity index is 2.57. The zero-order valence-corrected chi connectivity index (χ0v) is 16.9. The second-order valence-electron chi connectivity index (χ2n) is 6.48. The van der Waals surface area contributed by atoms with E-state index in [0.29, 0.717) is 10.2 Å². The fraction of sp³-hybridized carbons (Fsp3) is 0.625. The first-order chi connectivity index (χ1) is 10.8. The number of benzene rings is 1. The highest BCUT2D eigenvalue weighted by Crippen LogP contribution is 2.48. The first-order valence-electron chi connectivity index (χ1n) is 7.64. The van der Waals surface area contributed by atoms with Crippen LogP contribution in [0.15, 0.2) is 15.0 Å². The molecule has 1 fully saturated rings. The Morgan fingerprint density at radius 1 is 1.30 bits per heavy atom. The average Bonchev–Trinajstić information content (AvgIpc) is 2.56. The van der Waals surface area contributed by atoms with Crippen molar-refractivity contribution in [2.24, 2.45) is 5.41 Å². The molecule has 0 aromatic heterocycles. The highest BCUT2D eigenvalue weighted by molar-refractivity contribution is 9.13. The zero-order chi connectivity index (χ0) is 17.2. The minimum absolute atomic E-state index is 0.00484. The van der Waals surface area contributed by atoms with Crippen LogP contribution in [0.5, 0.6) is 11.5 Å². The molecule has 0 aliphatic carbocycles. The summed E-state index contributed by atoms with van der Waals surface area (Å²) < 4.78 is 6.67. The Labute approximate surface area is 154 Å². The van der Waals surface area contributed by atoms with E-state index in [9.17, 15) is 10.2 Å². The fourth-order valence-electron chi connectivity index (χ4n) is 3.11. The van der Waals surface area contributed by atoms with E-state index in [-0.39, 0.29) is 23.8 Å². The number of halogens is 2. The van der Waals surface area contributed by atoms with Gasteiger partial charge in [0, 0.05) is 48.7 Å². The zero-order valence-electron chi connectivity index (χ0n) is 13.7. The number of aliphatic hydroxyl groups is 1. The molecule has 0 unspecified atom stereocenters. The molecule has 1 aromatic carbocycles. The first kappa shape index (κ1) is 19.0. The predicted octanol–water partition coefficient (Wildman–Crippen LogP) is 2.89. The van der Waals surface area contributed by atoms with Crippen LogP contribution in [0.2, 0.25) is 0 Å². The largest absolute Gasteiger partial charge is 0.503 e. The van der Waals surface area contributed by atoms with Crippen molar-refractivity contribution in [3.8, 4) is 11.5 Å². The number of methoxy groups -OCH3 is 1. The van der Waals surface area contributed by atoms with Crippen LogP contribution >= 0.6 is 31.9 Å². The Hall–Kier alpha value is -0.340. The second kappa shape index (κ2) is 7.70. The number of phenols is 1. The van der Waals surface area contributed by atoms with Gasteiger partial charge in [0.05, 0.1) is 11.6 Å².